The van der Waals surface area contributed by atoms with Gasteiger partial charge in [0, 0.05) is 0 Å². The zero-order valence-corrected chi connectivity index (χ0v) is 10.7. The highest BCUT2D eigenvalue weighted by Crippen LogP contribution is 2.10. The first-order valence-electron chi connectivity index (χ1n) is 5.28. The van der Waals surface area contributed by atoms with E-state index < -0.39 is 5.91 Å². The van der Waals surface area contributed by atoms with Crippen LogP contribution in [0.15, 0.2) is 34.5 Å². The van der Waals surface area contributed by atoms with E-state index in [-0.39, 0.29) is 16.6 Å². The fraction of sp³-hybridized carbons (Fsp3) is 0.0909. The van der Waals surface area contributed by atoms with Crippen molar-refractivity contribution >= 4 is 40.3 Å². The number of halogens is 1. The van der Waals surface area contributed by atoms with Crippen LogP contribution in [0, 0.1) is 5.82 Å². The van der Waals surface area contributed by atoms with Crippen LogP contribution in [-0.4, -0.2) is 27.5 Å². The standard InChI is InChI=1S/C11H10FN5OS/c1-6-9(10(18)17(16-6)11(13)19)15-14-8-4-2-7(12)3-5-8/h2-5,14H,1H3,(H2,13,19)/b15-9+. The number of hydrogen-bond donors (Lipinski definition) is 2. The lowest BCUT2D eigenvalue weighted by molar-refractivity contribution is -0.119. The summed E-state index contributed by atoms with van der Waals surface area (Å²) in [5.41, 5.74) is 9.04. The quantitative estimate of drug-likeness (QED) is 0.626. The second kappa shape index (κ2) is 5.11. The van der Waals surface area contributed by atoms with Crippen molar-refractivity contribution in [2.24, 2.45) is 15.9 Å². The van der Waals surface area contributed by atoms with E-state index in [9.17, 15) is 9.18 Å². The third-order valence-corrected chi connectivity index (χ3v) is 2.51. The maximum Gasteiger partial charge on any atom is 0.303 e. The molecular formula is C11H10FN5OS. The molecule has 0 fully saturated rings. The number of nitrogens with one attached hydrogen (secondary N) is 1. The number of hydrazone groups is 2. The molecule has 1 aromatic rings. The number of carbonyl (C=O) groups is 1. The molecule has 1 heterocycles. The number of hydrogen-bond acceptors (Lipinski definition) is 5. The fourth-order valence-corrected chi connectivity index (χ4v) is 1.54. The van der Waals surface area contributed by atoms with E-state index in [2.05, 4.69) is 27.8 Å². The summed E-state index contributed by atoms with van der Waals surface area (Å²) in [5, 5.41) is 8.56. The van der Waals surface area contributed by atoms with Crippen LogP contribution in [0.4, 0.5) is 10.1 Å². The molecule has 8 heteroatoms. The van der Waals surface area contributed by atoms with Gasteiger partial charge in [-0.25, -0.2) is 4.39 Å². The molecule has 0 aromatic heterocycles. The minimum atomic E-state index is -0.500. The molecule has 0 atom stereocenters. The lowest BCUT2D eigenvalue weighted by Crippen LogP contribution is -2.36. The van der Waals surface area contributed by atoms with E-state index in [1.54, 1.807) is 6.92 Å². The Hall–Kier alpha value is -2.35. The second-order valence-electron chi connectivity index (χ2n) is 3.72. The van der Waals surface area contributed by atoms with Crippen LogP contribution in [0.2, 0.25) is 0 Å². The van der Waals surface area contributed by atoms with Crippen molar-refractivity contribution in [1.29, 1.82) is 0 Å². The third kappa shape index (κ3) is 2.74. The Labute approximate surface area is 113 Å². The molecule has 1 aliphatic rings. The predicted octanol–water partition coefficient (Wildman–Crippen LogP) is 1.06. The molecule has 2 rings (SSSR count). The monoisotopic (exact) mass is 279 g/mol. The van der Waals surface area contributed by atoms with Gasteiger partial charge in [0.1, 0.15) is 5.82 Å². The van der Waals surface area contributed by atoms with Gasteiger partial charge >= 0.3 is 5.91 Å². The molecule has 19 heavy (non-hydrogen) atoms. The molecule has 1 amide bonds. The Bertz CT molecular complexity index is 596. The van der Waals surface area contributed by atoms with E-state index in [1.807, 2.05) is 0 Å². The second-order valence-corrected chi connectivity index (χ2v) is 4.14. The molecule has 0 unspecified atom stereocenters. The molecule has 0 bridgehead atoms. The average Bonchev–Trinajstić information content (AvgIpc) is 2.65. The summed E-state index contributed by atoms with van der Waals surface area (Å²) in [6, 6.07) is 5.55. The van der Waals surface area contributed by atoms with E-state index >= 15 is 0 Å². The van der Waals surface area contributed by atoms with Gasteiger partial charge in [0.2, 0.25) is 0 Å². The van der Waals surface area contributed by atoms with E-state index in [4.69, 9.17) is 5.73 Å². The van der Waals surface area contributed by atoms with Gasteiger partial charge in [-0.05, 0) is 43.4 Å². The van der Waals surface area contributed by atoms with Crippen molar-refractivity contribution in [2.45, 2.75) is 6.92 Å². The van der Waals surface area contributed by atoms with Crippen molar-refractivity contribution in [2.75, 3.05) is 5.43 Å². The topological polar surface area (TPSA) is 83.1 Å². The Morgan fingerprint density at radius 2 is 2.11 bits per heavy atom. The van der Waals surface area contributed by atoms with E-state index in [1.165, 1.54) is 24.3 Å². The average molecular weight is 279 g/mol. The van der Waals surface area contributed by atoms with Gasteiger partial charge in [0.05, 0.1) is 11.4 Å². The first kappa shape index (κ1) is 13.1. The van der Waals surface area contributed by atoms with Crippen molar-refractivity contribution in [3.8, 4) is 0 Å². The Balaban J connectivity index is 2.16. The molecule has 98 valence electrons. The maximum atomic E-state index is 12.7. The number of nitrogens with zero attached hydrogens (tertiary/aromatic N) is 3. The molecule has 0 saturated carbocycles. The first-order valence-corrected chi connectivity index (χ1v) is 5.68. The van der Waals surface area contributed by atoms with Crippen LogP contribution in [0.3, 0.4) is 0 Å². The summed E-state index contributed by atoms with van der Waals surface area (Å²) < 4.78 is 12.7. The first-order chi connectivity index (χ1) is 8.99. The number of benzene rings is 1. The minimum absolute atomic E-state index is 0.108. The van der Waals surface area contributed by atoms with Gasteiger partial charge in [-0.2, -0.15) is 15.2 Å². The Kier molecular flexibility index (Phi) is 3.52. The van der Waals surface area contributed by atoms with Crippen molar-refractivity contribution in [3.05, 3.63) is 30.1 Å². The molecular weight excluding hydrogens is 269 g/mol. The molecule has 0 radical (unpaired) electrons. The predicted molar refractivity (Wildman–Crippen MR) is 74.2 cm³/mol. The van der Waals surface area contributed by atoms with Gasteiger partial charge in [0.15, 0.2) is 10.8 Å². The fourth-order valence-electron chi connectivity index (χ4n) is 1.42. The van der Waals surface area contributed by atoms with Crippen LogP contribution in [0.5, 0.6) is 0 Å². The summed E-state index contributed by atoms with van der Waals surface area (Å²) >= 11 is 4.69. The summed E-state index contributed by atoms with van der Waals surface area (Å²) in [4.78, 5) is 11.8. The number of thiocarbonyl (C=S) groups is 1. The zero-order chi connectivity index (χ0) is 14.0. The molecule has 0 aliphatic carbocycles. The van der Waals surface area contributed by atoms with Crippen LogP contribution in [0.25, 0.3) is 0 Å². The molecule has 0 saturated heterocycles. The molecule has 0 spiro atoms. The highest BCUT2D eigenvalue weighted by Gasteiger charge is 2.31. The van der Waals surface area contributed by atoms with Gasteiger partial charge in [0.25, 0.3) is 0 Å². The molecule has 1 aromatic carbocycles. The lowest BCUT2D eigenvalue weighted by atomic mass is 10.2. The zero-order valence-electron chi connectivity index (χ0n) is 9.92. The van der Waals surface area contributed by atoms with Gasteiger partial charge < -0.3 is 5.73 Å². The van der Waals surface area contributed by atoms with Crippen LogP contribution in [-0.2, 0) is 4.79 Å². The highest BCUT2D eigenvalue weighted by atomic mass is 32.1. The van der Waals surface area contributed by atoms with Gasteiger partial charge in [-0.1, -0.05) is 0 Å². The highest BCUT2D eigenvalue weighted by molar-refractivity contribution is 7.80. The number of rotatable bonds is 2. The van der Waals surface area contributed by atoms with Gasteiger partial charge in [-0.3, -0.25) is 10.2 Å². The number of amides is 1. The van der Waals surface area contributed by atoms with Crippen LogP contribution in [0.1, 0.15) is 6.92 Å². The molecule has 1 aliphatic heterocycles. The third-order valence-electron chi connectivity index (χ3n) is 2.34. The minimum Gasteiger partial charge on any atom is -0.374 e. The largest absolute Gasteiger partial charge is 0.374 e. The van der Waals surface area contributed by atoms with Crippen molar-refractivity contribution in [3.63, 3.8) is 0 Å². The number of anilines is 1. The molecule has 3 N–H and O–H groups in total. The van der Waals surface area contributed by atoms with Crippen LogP contribution < -0.4 is 11.2 Å². The van der Waals surface area contributed by atoms with Crippen LogP contribution >= 0.6 is 12.2 Å². The summed E-state index contributed by atoms with van der Waals surface area (Å²) in [6.07, 6.45) is 0. The smallest absolute Gasteiger partial charge is 0.303 e. The Morgan fingerprint density at radius 3 is 2.63 bits per heavy atom. The van der Waals surface area contributed by atoms with E-state index in [0.29, 0.717) is 11.4 Å². The number of carbonyl (C=O) groups excluding carboxylic acids is 1. The van der Waals surface area contributed by atoms with Crippen molar-refractivity contribution in [1.82, 2.24) is 5.01 Å². The van der Waals surface area contributed by atoms with Crippen molar-refractivity contribution < 1.29 is 9.18 Å². The summed E-state index contributed by atoms with van der Waals surface area (Å²) in [5.74, 6) is -0.854. The van der Waals surface area contributed by atoms with Gasteiger partial charge in [-0.15, -0.1) is 0 Å². The SMILES string of the molecule is CC1=NN(C(N)=S)C(=O)/C1=N/Nc1ccc(F)cc1. The summed E-state index contributed by atoms with van der Waals surface area (Å²) in [6.45, 7) is 1.61. The lowest BCUT2D eigenvalue weighted by Gasteiger charge is -2.07. The summed E-state index contributed by atoms with van der Waals surface area (Å²) in [7, 11) is 0. The Morgan fingerprint density at radius 1 is 1.47 bits per heavy atom. The molecule has 6 nitrogen and oxygen atoms in total. The maximum absolute atomic E-state index is 12.7. The number of nitrogens with two attached hydrogens (primary N) is 1. The van der Waals surface area contributed by atoms with E-state index in [0.717, 1.165) is 5.01 Å². The normalized spacial score (nSPS) is 16.7.